The maximum absolute atomic E-state index is 13.2. The molecule has 4 aromatic rings. The summed E-state index contributed by atoms with van der Waals surface area (Å²) in [5.74, 6) is -2.22. The summed E-state index contributed by atoms with van der Waals surface area (Å²) in [5, 5.41) is 27.5. The zero-order valence-electron chi connectivity index (χ0n) is 21.9. The highest BCUT2D eigenvalue weighted by Gasteiger charge is 2.35. The van der Waals surface area contributed by atoms with Crippen LogP contribution < -0.4 is 5.32 Å². The summed E-state index contributed by atoms with van der Waals surface area (Å²) >= 11 is 0. The smallest absolute Gasteiger partial charge is 0.270 e. The molecular formula is C29H21N5O8. The Labute approximate surface area is 236 Å². The quantitative estimate of drug-likeness (QED) is 0.137. The van der Waals surface area contributed by atoms with Crippen LogP contribution >= 0.6 is 0 Å². The lowest BCUT2D eigenvalue weighted by atomic mass is 9.93. The first-order valence-electron chi connectivity index (χ1n) is 13.0. The number of carbonyl (C=O) groups excluding carboxylic acids is 4. The van der Waals surface area contributed by atoms with E-state index >= 15 is 0 Å². The molecule has 42 heavy (non-hydrogen) atoms. The summed E-state index contributed by atoms with van der Waals surface area (Å²) in [5.41, 5.74) is 0.282. The van der Waals surface area contributed by atoms with E-state index in [2.05, 4.69) is 5.32 Å². The van der Waals surface area contributed by atoms with E-state index in [1.165, 1.54) is 24.3 Å². The standard InChI is InChI=1S/C29H21N5O8/c35-26-20-6-1-4-16-12-18(33(39)40)14-22(24(16)20)28(37)31(26)10-3-8-30-9-11-32-27(36)21-7-2-5-17-13-19(34(41)42)15-23(25(17)21)29(32)38/h1-2,4-7,12-15,30H,3,8-11H2. The van der Waals surface area contributed by atoms with Crippen LogP contribution in [0, 0.1) is 20.2 Å². The number of nitrogens with one attached hydrogen (secondary N) is 1. The third kappa shape index (κ3) is 4.23. The highest BCUT2D eigenvalue weighted by Crippen LogP contribution is 2.34. The fourth-order valence-electron chi connectivity index (χ4n) is 5.58. The molecule has 0 bridgehead atoms. The number of nitro groups is 2. The normalized spacial score (nSPS) is 14.3. The van der Waals surface area contributed by atoms with E-state index in [0.717, 1.165) is 9.80 Å². The lowest BCUT2D eigenvalue weighted by molar-refractivity contribution is -0.384. The molecule has 0 aliphatic carbocycles. The second-order valence-electron chi connectivity index (χ2n) is 9.94. The highest BCUT2D eigenvalue weighted by molar-refractivity contribution is 6.26. The molecule has 0 saturated carbocycles. The van der Waals surface area contributed by atoms with Crippen molar-refractivity contribution in [1.82, 2.24) is 15.1 Å². The van der Waals surface area contributed by atoms with Gasteiger partial charge in [-0.2, -0.15) is 0 Å². The maximum atomic E-state index is 13.2. The minimum atomic E-state index is -0.624. The van der Waals surface area contributed by atoms with Gasteiger partial charge in [0.25, 0.3) is 35.0 Å². The van der Waals surface area contributed by atoms with E-state index in [1.54, 1.807) is 36.4 Å². The van der Waals surface area contributed by atoms with Gasteiger partial charge in [-0.15, -0.1) is 0 Å². The minimum absolute atomic E-state index is 0.00317. The molecular weight excluding hydrogens is 546 g/mol. The van der Waals surface area contributed by atoms with Crippen molar-refractivity contribution < 1.29 is 29.0 Å². The van der Waals surface area contributed by atoms with Gasteiger partial charge in [-0.05, 0) is 35.9 Å². The molecule has 0 spiro atoms. The Hall–Kier alpha value is -5.56. The Morgan fingerprint density at radius 2 is 1.05 bits per heavy atom. The SMILES string of the molecule is O=C1c2cccc3cc([N+](=O)[O-])cc(c23)C(=O)N1CCCNCCN1C(=O)c2cccc3cc([N+](=O)[O-])cc(c23)C1=O. The van der Waals surface area contributed by atoms with Crippen LogP contribution in [0.4, 0.5) is 11.4 Å². The van der Waals surface area contributed by atoms with Gasteiger partial charge in [-0.25, -0.2) is 0 Å². The zero-order valence-corrected chi connectivity index (χ0v) is 21.9. The van der Waals surface area contributed by atoms with Crippen molar-refractivity contribution >= 4 is 56.5 Å². The number of imide groups is 2. The van der Waals surface area contributed by atoms with Gasteiger partial charge in [0.05, 0.1) is 21.0 Å². The van der Waals surface area contributed by atoms with E-state index in [1.807, 2.05) is 0 Å². The highest BCUT2D eigenvalue weighted by atomic mass is 16.6. The molecule has 2 heterocycles. The Morgan fingerprint density at radius 3 is 1.52 bits per heavy atom. The number of rotatable bonds is 9. The Kier molecular flexibility index (Phi) is 6.42. The molecule has 2 aliphatic heterocycles. The van der Waals surface area contributed by atoms with Crippen LogP contribution in [0.25, 0.3) is 21.5 Å². The third-order valence-electron chi connectivity index (χ3n) is 7.49. The molecule has 13 heteroatoms. The van der Waals surface area contributed by atoms with Crippen molar-refractivity contribution in [3.63, 3.8) is 0 Å². The molecule has 0 atom stereocenters. The van der Waals surface area contributed by atoms with Crippen molar-refractivity contribution in [3.05, 3.63) is 103 Å². The molecule has 0 unspecified atom stereocenters. The van der Waals surface area contributed by atoms with Crippen LogP contribution in [0.2, 0.25) is 0 Å². The summed E-state index contributed by atoms with van der Waals surface area (Å²) in [4.78, 5) is 76.2. The van der Waals surface area contributed by atoms with E-state index in [9.17, 15) is 39.4 Å². The first-order valence-corrected chi connectivity index (χ1v) is 13.0. The number of benzene rings is 4. The molecule has 6 rings (SSSR count). The average Bonchev–Trinajstić information content (AvgIpc) is 2.98. The Morgan fingerprint density at radius 1 is 0.595 bits per heavy atom. The predicted molar refractivity (Wildman–Crippen MR) is 149 cm³/mol. The van der Waals surface area contributed by atoms with E-state index in [-0.39, 0.29) is 47.7 Å². The lowest BCUT2D eigenvalue weighted by Crippen LogP contribution is -2.44. The largest absolute Gasteiger partial charge is 0.315 e. The van der Waals surface area contributed by atoms with Gasteiger partial charge in [0.2, 0.25) is 0 Å². The summed E-state index contributed by atoms with van der Waals surface area (Å²) in [6.45, 7) is 0.575. The number of carbonyl (C=O) groups is 4. The zero-order chi connectivity index (χ0) is 29.7. The maximum Gasteiger partial charge on any atom is 0.270 e. The molecule has 4 aromatic carbocycles. The molecule has 210 valence electrons. The summed E-state index contributed by atoms with van der Waals surface area (Å²) in [6.07, 6.45) is 0.341. The van der Waals surface area contributed by atoms with Crippen LogP contribution in [0.1, 0.15) is 47.9 Å². The van der Waals surface area contributed by atoms with E-state index < -0.39 is 33.5 Å². The van der Waals surface area contributed by atoms with Crippen molar-refractivity contribution in [2.75, 3.05) is 26.2 Å². The van der Waals surface area contributed by atoms with Gasteiger partial charge in [0.1, 0.15) is 0 Å². The van der Waals surface area contributed by atoms with Gasteiger partial charge in [0.15, 0.2) is 0 Å². The molecule has 4 amide bonds. The summed E-state index contributed by atoms with van der Waals surface area (Å²) in [6, 6.07) is 14.6. The van der Waals surface area contributed by atoms with Crippen LogP contribution in [0.5, 0.6) is 0 Å². The topological polar surface area (TPSA) is 173 Å². The van der Waals surface area contributed by atoms with Crippen molar-refractivity contribution in [1.29, 1.82) is 0 Å². The van der Waals surface area contributed by atoms with Gasteiger partial charge in [0, 0.05) is 65.8 Å². The Balaban J connectivity index is 1.10. The van der Waals surface area contributed by atoms with Crippen molar-refractivity contribution in [3.8, 4) is 0 Å². The number of nitrogens with zero attached hydrogens (tertiary/aromatic N) is 4. The number of hydrogen-bond acceptors (Lipinski definition) is 9. The third-order valence-corrected chi connectivity index (χ3v) is 7.49. The van der Waals surface area contributed by atoms with Crippen LogP contribution in [-0.4, -0.2) is 69.5 Å². The van der Waals surface area contributed by atoms with Crippen LogP contribution in [-0.2, 0) is 0 Å². The molecule has 0 radical (unpaired) electrons. The Bertz CT molecular complexity index is 1770. The summed E-state index contributed by atoms with van der Waals surface area (Å²) < 4.78 is 0. The molecule has 0 fully saturated rings. The van der Waals surface area contributed by atoms with Crippen molar-refractivity contribution in [2.45, 2.75) is 6.42 Å². The fraction of sp³-hybridized carbons (Fsp3) is 0.172. The van der Waals surface area contributed by atoms with Crippen LogP contribution in [0.15, 0.2) is 60.7 Å². The number of amides is 4. The average molecular weight is 568 g/mol. The molecule has 0 aromatic heterocycles. The predicted octanol–water partition coefficient (Wildman–Crippen LogP) is 3.68. The first-order chi connectivity index (χ1) is 20.2. The monoisotopic (exact) mass is 567 g/mol. The molecule has 0 saturated heterocycles. The van der Waals surface area contributed by atoms with Gasteiger partial charge < -0.3 is 5.32 Å². The fourth-order valence-corrected chi connectivity index (χ4v) is 5.58. The second kappa shape index (κ2) is 10.1. The number of nitro benzene ring substituents is 2. The number of hydrogen-bond donors (Lipinski definition) is 1. The number of non-ortho nitro benzene ring substituents is 2. The minimum Gasteiger partial charge on any atom is -0.315 e. The van der Waals surface area contributed by atoms with Gasteiger partial charge in [-0.1, -0.05) is 24.3 Å². The second-order valence-corrected chi connectivity index (χ2v) is 9.94. The molecule has 2 aliphatic rings. The molecule has 13 nitrogen and oxygen atoms in total. The van der Waals surface area contributed by atoms with Gasteiger partial charge >= 0.3 is 0 Å². The van der Waals surface area contributed by atoms with Gasteiger partial charge in [-0.3, -0.25) is 49.2 Å². The molecule has 1 N–H and O–H groups in total. The van der Waals surface area contributed by atoms with Crippen molar-refractivity contribution in [2.24, 2.45) is 0 Å². The lowest BCUT2D eigenvalue weighted by Gasteiger charge is -2.28. The van der Waals surface area contributed by atoms with E-state index in [4.69, 9.17) is 0 Å². The summed E-state index contributed by atoms with van der Waals surface area (Å²) in [7, 11) is 0. The van der Waals surface area contributed by atoms with Crippen LogP contribution in [0.3, 0.4) is 0 Å². The van der Waals surface area contributed by atoms with E-state index in [0.29, 0.717) is 40.1 Å². The first kappa shape index (κ1) is 26.7.